The van der Waals surface area contributed by atoms with Crippen LogP contribution in [0.25, 0.3) is 0 Å². The first kappa shape index (κ1) is 12.2. The van der Waals surface area contributed by atoms with Crippen LogP contribution in [0.15, 0.2) is 0 Å². The van der Waals surface area contributed by atoms with Gasteiger partial charge in [0.25, 0.3) is 0 Å². The van der Waals surface area contributed by atoms with E-state index in [9.17, 15) is 0 Å². The molecule has 1 atom stereocenters. The highest BCUT2D eigenvalue weighted by atomic mass is 35.5. The molecule has 0 radical (unpaired) electrons. The summed E-state index contributed by atoms with van der Waals surface area (Å²) in [7, 11) is 0. The number of piperazine rings is 1. The molecule has 0 aromatic heterocycles. The number of aliphatic hydroxyl groups is 1. The van der Waals surface area contributed by atoms with E-state index in [0.29, 0.717) is 12.6 Å². The molecule has 84 valence electrons. The zero-order valence-corrected chi connectivity index (χ0v) is 9.43. The molecule has 1 saturated carbocycles. The van der Waals surface area contributed by atoms with Gasteiger partial charge < -0.3 is 10.4 Å². The van der Waals surface area contributed by atoms with E-state index in [1.54, 1.807) is 0 Å². The van der Waals surface area contributed by atoms with Gasteiger partial charge in [-0.2, -0.15) is 0 Å². The van der Waals surface area contributed by atoms with Crippen molar-refractivity contribution in [3.63, 3.8) is 0 Å². The Morgan fingerprint density at radius 3 is 2.79 bits per heavy atom. The smallest absolute Gasteiger partial charge is 0.0446 e. The summed E-state index contributed by atoms with van der Waals surface area (Å²) < 4.78 is 0. The minimum Gasteiger partial charge on any atom is -0.396 e. The van der Waals surface area contributed by atoms with Crippen molar-refractivity contribution in [3.05, 3.63) is 0 Å². The minimum absolute atomic E-state index is 0. The van der Waals surface area contributed by atoms with Crippen molar-refractivity contribution in [2.45, 2.75) is 25.3 Å². The van der Waals surface area contributed by atoms with Crippen molar-refractivity contribution in [3.8, 4) is 0 Å². The summed E-state index contributed by atoms with van der Waals surface area (Å²) in [5.41, 5.74) is 0. The topological polar surface area (TPSA) is 35.5 Å². The lowest BCUT2D eigenvalue weighted by molar-refractivity contribution is 0.125. The van der Waals surface area contributed by atoms with Gasteiger partial charge in [0.1, 0.15) is 0 Å². The number of hydrogen-bond acceptors (Lipinski definition) is 3. The predicted octanol–water partition coefficient (Wildman–Crippen LogP) is 0.474. The molecule has 0 amide bonds. The van der Waals surface area contributed by atoms with Crippen LogP contribution in [0.1, 0.15) is 19.3 Å². The van der Waals surface area contributed by atoms with Crippen LogP contribution in [0.2, 0.25) is 0 Å². The molecule has 1 heterocycles. The lowest BCUT2D eigenvalue weighted by Gasteiger charge is -2.36. The van der Waals surface area contributed by atoms with Crippen LogP contribution in [0.3, 0.4) is 0 Å². The highest BCUT2D eigenvalue weighted by Gasteiger charge is 2.29. The van der Waals surface area contributed by atoms with E-state index in [0.717, 1.165) is 25.4 Å². The van der Waals surface area contributed by atoms with Crippen molar-refractivity contribution in [1.82, 2.24) is 10.2 Å². The van der Waals surface area contributed by atoms with Crippen LogP contribution >= 0.6 is 12.4 Å². The van der Waals surface area contributed by atoms with E-state index in [1.807, 2.05) is 0 Å². The maximum absolute atomic E-state index is 8.93. The van der Waals surface area contributed by atoms with Crippen molar-refractivity contribution < 1.29 is 5.11 Å². The van der Waals surface area contributed by atoms with Gasteiger partial charge in [0.05, 0.1) is 0 Å². The van der Waals surface area contributed by atoms with E-state index in [2.05, 4.69) is 10.2 Å². The number of rotatable bonds is 4. The molecule has 1 saturated heterocycles. The molecule has 1 unspecified atom stereocenters. The van der Waals surface area contributed by atoms with E-state index in [-0.39, 0.29) is 12.4 Å². The highest BCUT2D eigenvalue weighted by molar-refractivity contribution is 5.85. The second kappa shape index (κ2) is 5.91. The molecular weight excluding hydrogens is 200 g/mol. The van der Waals surface area contributed by atoms with Crippen LogP contribution in [0.5, 0.6) is 0 Å². The van der Waals surface area contributed by atoms with E-state index < -0.39 is 0 Å². The summed E-state index contributed by atoms with van der Waals surface area (Å²) in [4.78, 5) is 2.56. The fourth-order valence-electron chi connectivity index (χ4n) is 2.11. The number of halogens is 1. The van der Waals surface area contributed by atoms with Gasteiger partial charge in [-0.05, 0) is 25.2 Å². The van der Waals surface area contributed by atoms with Gasteiger partial charge in [-0.3, -0.25) is 4.90 Å². The Balaban J connectivity index is 0.000000980. The SMILES string of the molecule is Cl.OCCC1CNCCN1CC1CC1. The molecule has 1 aliphatic heterocycles. The molecule has 3 nitrogen and oxygen atoms in total. The molecule has 2 N–H and O–H groups in total. The quantitative estimate of drug-likeness (QED) is 0.724. The molecule has 2 aliphatic rings. The zero-order chi connectivity index (χ0) is 9.10. The zero-order valence-electron chi connectivity index (χ0n) is 8.61. The van der Waals surface area contributed by atoms with Crippen molar-refractivity contribution in [1.29, 1.82) is 0 Å². The van der Waals surface area contributed by atoms with Gasteiger partial charge in [-0.15, -0.1) is 12.4 Å². The van der Waals surface area contributed by atoms with Crippen molar-refractivity contribution >= 4 is 12.4 Å². The van der Waals surface area contributed by atoms with Crippen LogP contribution in [-0.2, 0) is 0 Å². The standard InChI is InChI=1S/C10H20N2O.ClH/c13-6-3-10-7-11-4-5-12(10)8-9-1-2-9;/h9-11,13H,1-8H2;1H. The van der Waals surface area contributed by atoms with Crippen molar-refractivity contribution in [2.24, 2.45) is 5.92 Å². The van der Waals surface area contributed by atoms with Gasteiger partial charge in [-0.1, -0.05) is 0 Å². The molecule has 2 rings (SSSR count). The molecule has 14 heavy (non-hydrogen) atoms. The molecule has 0 aromatic rings. The Hall–Kier alpha value is 0.170. The average molecular weight is 221 g/mol. The summed E-state index contributed by atoms with van der Waals surface area (Å²) in [6.45, 7) is 4.95. The number of hydrogen-bond donors (Lipinski definition) is 2. The van der Waals surface area contributed by atoms with Gasteiger partial charge in [0.2, 0.25) is 0 Å². The lowest BCUT2D eigenvalue weighted by atomic mass is 10.1. The Morgan fingerprint density at radius 1 is 1.36 bits per heavy atom. The average Bonchev–Trinajstić information content (AvgIpc) is 2.93. The summed E-state index contributed by atoms with van der Waals surface area (Å²) in [6, 6.07) is 0.583. The molecule has 0 aromatic carbocycles. The lowest BCUT2D eigenvalue weighted by Crippen LogP contribution is -2.52. The summed E-state index contributed by atoms with van der Waals surface area (Å²) in [6.07, 6.45) is 3.78. The van der Waals surface area contributed by atoms with E-state index in [4.69, 9.17) is 5.11 Å². The number of nitrogens with zero attached hydrogens (tertiary/aromatic N) is 1. The van der Waals surface area contributed by atoms with Crippen LogP contribution in [0, 0.1) is 5.92 Å². The summed E-state index contributed by atoms with van der Waals surface area (Å²) in [5, 5.41) is 12.3. The van der Waals surface area contributed by atoms with Gasteiger partial charge in [0, 0.05) is 38.8 Å². The third-order valence-corrected chi connectivity index (χ3v) is 3.12. The molecule has 0 bridgehead atoms. The Labute approximate surface area is 92.3 Å². The second-order valence-electron chi connectivity index (χ2n) is 4.31. The molecule has 4 heteroatoms. The van der Waals surface area contributed by atoms with E-state index >= 15 is 0 Å². The van der Waals surface area contributed by atoms with E-state index in [1.165, 1.54) is 25.9 Å². The Morgan fingerprint density at radius 2 is 2.14 bits per heavy atom. The van der Waals surface area contributed by atoms with Gasteiger partial charge >= 0.3 is 0 Å². The summed E-state index contributed by atoms with van der Waals surface area (Å²) in [5.74, 6) is 0.972. The van der Waals surface area contributed by atoms with Crippen molar-refractivity contribution in [2.75, 3.05) is 32.8 Å². The first-order chi connectivity index (χ1) is 6.40. The normalized spacial score (nSPS) is 28.5. The summed E-state index contributed by atoms with van der Waals surface area (Å²) >= 11 is 0. The highest BCUT2D eigenvalue weighted by Crippen LogP contribution is 2.30. The number of nitrogens with one attached hydrogen (secondary N) is 1. The number of aliphatic hydroxyl groups excluding tert-OH is 1. The Bertz CT molecular complexity index is 162. The van der Waals surface area contributed by atoms with Crippen LogP contribution in [0.4, 0.5) is 0 Å². The first-order valence-electron chi connectivity index (χ1n) is 5.46. The Kier molecular flexibility index (Phi) is 5.17. The molecule has 2 fully saturated rings. The maximum Gasteiger partial charge on any atom is 0.0446 e. The fourth-order valence-corrected chi connectivity index (χ4v) is 2.11. The minimum atomic E-state index is 0. The largest absolute Gasteiger partial charge is 0.396 e. The monoisotopic (exact) mass is 220 g/mol. The molecule has 1 aliphatic carbocycles. The molecule has 0 spiro atoms. The third-order valence-electron chi connectivity index (χ3n) is 3.12. The van der Waals surface area contributed by atoms with Gasteiger partial charge in [-0.25, -0.2) is 0 Å². The van der Waals surface area contributed by atoms with Gasteiger partial charge in [0.15, 0.2) is 0 Å². The first-order valence-corrected chi connectivity index (χ1v) is 5.46. The molecular formula is C10H21ClN2O. The predicted molar refractivity (Wildman–Crippen MR) is 59.9 cm³/mol. The van der Waals surface area contributed by atoms with Crippen LogP contribution in [-0.4, -0.2) is 48.8 Å². The fraction of sp³-hybridized carbons (Fsp3) is 1.00. The maximum atomic E-state index is 8.93. The second-order valence-corrected chi connectivity index (χ2v) is 4.31. The third kappa shape index (κ3) is 3.39. The van der Waals surface area contributed by atoms with Crippen LogP contribution < -0.4 is 5.32 Å².